The van der Waals surface area contributed by atoms with Crippen LogP contribution in [0.25, 0.3) is 11.2 Å². The second-order valence-electron chi connectivity index (χ2n) is 6.65. The molecule has 0 saturated carbocycles. The summed E-state index contributed by atoms with van der Waals surface area (Å²) in [4.78, 5) is 35.7. The first-order chi connectivity index (χ1) is 14.3. The van der Waals surface area contributed by atoms with Crippen LogP contribution in [0.1, 0.15) is 33.4 Å². The summed E-state index contributed by atoms with van der Waals surface area (Å²) in [7, 11) is 0. The Morgan fingerprint density at radius 2 is 2.07 bits per heavy atom. The zero-order chi connectivity index (χ0) is 21.4. The number of aromatic hydroxyl groups is 1. The van der Waals surface area contributed by atoms with Gasteiger partial charge >= 0.3 is 11.9 Å². The number of phenols is 1. The Morgan fingerprint density at radius 1 is 1.27 bits per heavy atom. The number of benzene rings is 1. The van der Waals surface area contributed by atoms with Crippen molar-refractivity contribution in [1.29, 1.82) is 0 Å². The van der Waals surface area contributed by atoms with Gasteiger partial charge in [-0.15, -0.1) is 0 Å². The van der Waals surface area contributed by atoms with E-state index in [1.807, 2.05) is 0 Å². The maximum atomic E-state index is 12.3. The smallest absolute Gasteiger partial charge is 0.339 e. The first-order valence-electron chi connectivity index (χ1n) is 8.85. The van der Waals surface area contributed by atoms with Crippen LogP contribution in [0.3, 0.4) is 0 Å². The lowest BCUT2D eigenvalue weighted by Gasteiger charge is -2.16. The Balaban J connectivity index is 1.46. The van der Waals surface area contributed by atoms with Gasteiger partial charge in [-0.25, -0.2) is 24.5 Å². The molecule has 3 atom stereocenters. The average Bonchev–Trinajstić information content (AvgIpc) is 3.30. The third kappa shape index (κ3) is 3.49. The quantitative estimate of drug-likeness (QED) is 0.421. The highest BCUT2D eigenvalue weighted by Gasteiger charge is 2.37. The number of anilines is 1. The van der Waals surface area contributed by atoms with Gasteiger partial charge < -0.3 is 30.5 Å². The second-order valence-corrected chi connectivity index (χ2v) is 6.65. The Kier molecular flexibility index (Phi) is 4.93. The Labute approximate surface area is 168 Å². The van der Waals surface area contributed by atoms with Crippen LogP contribution in [0.5, 0.6) is 5.75 Å². The molecule has 0 bridgehead atoms. The molecule has 4 rings (SSSR count). The lowest BCUT2D eigenvalue weighted by molar-refractivity contribution is -0.0509. The van der Waals surface area contributed by atoms with Crippen LogP contribution in [0.4, 0.5) is 5.82 Å². The number of fused-ring (bicyclic) bond motifs is 1. The fourth-order valence-electron chi connectivity index (χ4n) is 3.24. The van der Waals surface area contributed by atoms with E-state index < -0.39 is 35.9 Å². The molecule has 5 N–H and O–H groups in total. The molecule has 12 nitrogen and oxygen atoms in total. The number of nitrogens with zero attached hydrogens (tertiary/aromatic N) is 4. The van der Waals surface area contributed by atoms with E-state index in [4.69, 9.17) is 15.2 Å². The van der Waals surface area contributed by atoms with E-state index >= 15 is 0 Å². The summed E-state index contributed by atoms with van der Waals surface area (Å²) in [5, 5.41) is 28.9. The highest BCUT2D eigenvalue weighted by Crippen LogP contribution is 2.31. The van der Waals surface area contributed by atoms with Crippen LogP contribution in [0.2, 0.25) is 0 Å². The first-order valence-corrected chi connectivity index (χ1v) is 8.85. The molecule has 1 saturated heterocycles. The predicted molar refractivity (Wildman–Crippen MR) is 99.6 cm³/mol. The van der Waals surface area contributed by atoms with Gasteiger partial charge in [-0.1, -0.05) is 0 Å². The number of carbonyl (C=O) groups is 2. The number of aromatic nitrogens is 4. The Bertz CT molecular complexity index is 1130. The standard InChI is InChI=1S/C18H17N5O7/c19-15-14-16(21-6-20-15)23(7-22-14)13-4-11(25)12(30-13)5-29-18(28)9-2-1-8(24)3-10(9)17(26)27/h1-3,6-7,11-13,24-25H,4-5H2,(H,26,27)(H2,19,20,21)/t11-,12+,13+/m0/s1. The number of carbonyl (C=O) groups excluding carboxylic acids is 1. The normalized spacial score (nSPS) is 21.0. The van der Waals surface area contributed by atoms with Gasteiger partial charge in [0, 0.05) is 6.42 Å². The third-order valence-corrected chi connectivity index (χ3v) is 4.73. The SMILES string of the molecule is Nc1ncnc2c1ncn2[C@H]1C[C@H](O)[C@@H](COC(=O)c2ccc(O)cc2C(=O)O)O1. The number of imidazole rings is 1. The molecular weight excluding hydrogens is 398 g/mol. The third-order valence-electron chi connectivity index (χ3n) is 4.73. The Hall–Kier alpha value is -3.77. The van der Waals surface area contributed by atoms with E-state index in [-0.39, 0.29) is 30.2 Å². The second kappa shape index (κ2) is 7.57. The molecule has 0 spiro atoms. The number of phenolic OH excluding ortho intramolecular Hbond substituents is 1. The Morgan fingerprint density at radius 3 is 2.83 bits per heavy atom. The number of carboxylic acids is 1. The fourth-order valence-corrected chi connectivity index (χ4v) is 3.24. The van der Waals surface area contributed by atoms with Crippen LogP contribution in [-0.4, -0.2) is 65.6 Å². The molecule has 30 heavy (non-hydrogen) atoms. The van der Waals surface area contributed by atoms with Crippen LogP contribution in [-0.2, 0) is 9.47 Å². The number of rotatable bonds is 5. The molecule has 156 valence electrons. The van der Waals surface area contributed by atoms with Crippen molar-refractivity contribution in [3.63, 3.8) is 0 Å². The number of aliphatic hydroxyl groups excluding tert-OH is 1. The van der Waals surface area contributed by atoms with Gasteiger partial charge in [-0.3, -0.25) is 4.57 Å². The summed E-state index contributed by atoms with van der Waals surface area (Å²) in [5.74, 6) is -2.38. The minimum atomic E-state index is -1.39. The molecule has 12 heteroatoms. The molecule has 1 aliphatic rings. The van der Waals surface area contributed by atoms with Gasteiger partial charge in [0.15, 0.2) is 11.5 Å². The average molecular weight is 415 g/mol. The first kappa shape index (κ1) is 19.5. The monoisotopic (exact) mass is 415 g/mol. The largest absolute Gasteiger partial charge is 0.508 e. The fraction of sp³-hybridized carbons (Fsp3) is 0.278. The van der Waals surface area contributed by atoms with Crippen LogP contribution < -0.4 is 5.73 Å². The van der Waals surface area contributed by atoms with Crippen molar-refractivity contribution in [2.75, 3.05) is 12.3 Å². The summed E-state index contributed by atoms with van der Waals surface area (Å²) >= 11 is 0. The van der Waals surface area contributed by atoms with Crippen LogP contribution in [0.15, 0.2) is 30.9 Å². The van der Waals surface area contributed by atoms with Crippen molar-refractivity contribution in [3.8, 4) is 5.75 Å². The summed E-state index contributed by atoms with van der Waals surface area (Å²) in [6.45, 7) is -0.305. The van der Waals surface area contributed by atoms with Crippen molar-refractivity contribution in [1.82, 2.24) is 19.5 Å². The predicted octanol–water partition coefficient (Wildman–Crippen LogP) is 0.318. The summed E-state index contributed by atoms with van der Waals surface area (Å²) in [5.41, 5.74) is 5.99. The number of nitrogens with two attached hydrogens (primary N) is 1. The summed E-state index contributed by atoms with van der Waals surface area (Å²) < 4.78 is 12.5. The van der Waals surface area contributed by atoms with Crippen molar-refractivity contribution < 1.29 is 34.4 Å². The van der Waals surface area contributed by atoms with Crippen molar-refractivity contribution in [2.45, 2.75) is 24.9 Å². The van der Waals surface area contributed by atoms with E-state index in [1.165, 1.54) is 18.7 Å². The van der Waals surface area contributed by atoms with Gasteiger partial charge in [-0.05, 0) is 18.2 Å². The van der Waals surface area contributed by atoms with Gasteiger partial charge in [0.1, 0.15) is 36.5 Å². The number of hydrogen-bond donors (Lipinski definition) is 4. The van der Waals surface area contributed by atoms with Crippen molar-refractivity contribution >= 4 is 28.9 Å². The molecule has 0 radical (unpaired) electrons. The lowest BCUT2D eigenvalue weighted by Crippen LogP contribution is -2.28. The van der Waals surface area contributed by atoms with E-state index in [2.05, 4.69) is 15.0 Å². The van der Waals surface area contributed by atoms with E-state index in [9.17, 15) is 24.9 Å². The highest BCUT2D eigenvalue weighted by molar-refractivity contribution is 6.02. The number of esters is 1. The molecule has 0 amide bonds. The van der Waals surface area contributed by atoms with E-state index in [0.717, 1.165) is 12.1 Å². The summed E-state index contributed by atoms with van der Waals surface area (Å²) in [6, 6.07) is 3.28. The molecule has 1 aliphatic heterocycles. The van der Waals surface area contributed by atoms with Gasteiger partial charge in [-0.2, -0.15) is 0 Å². The maximum absolute atomic E-state index is 12.3. The maximum Gasteiger partial charge on any atom is 0.339 e. The zero-order valence-corrected chi connectivity index (χ0v) is 15.4. The molecule has 2 aromatic heterocycles. The molecule has 3 heterocycles. The highest BCUT2D eigenvalue weighted by atomic mass is 16.6. The molecular formula is C18H17N5O7. The van der Waals surface area contributed by atoms with Gasteiger partial charge in [0.25, 0.3) is 0 Å². The minimum Gasteiger partial charge on any atom is -0.508 e. The number of carboxylic acid groups (broad SMARTS) is 1. The topological polar surface area (TPSA) is 183 Å². The molecule has 1 fully saturated rings. The number of hydrogen-bond acceptors (Lipinski definition) is 10. The number of ether oxygens (including phenoxy) is 2. The molecule has 0 aliphatic carbocycles. The minimum absolute atomic E-state index is 0.192. The van der Waals surface area contributed by atoms with Crippen molar-refractivity contribution in [3.05, 3.63) is 42.0 Å². The molecule has 0 unspecified atom stereocenters. The number of aromatic carboxylic acids is 1. The van der Waals surface area contributed by atoms with E-state index in [1.54, 1.807) is 4.57 Å². The molecule has 3 aromatic rings. The van der Waals surface area contributed by atoms with Crippen LogP contribution in [0, 0.1) is 0 Å². The molecule has 1 aromatic carbocycles. The zero-order valence-electron chi connectivity index (χ0n) is 15.4. The lowest BCUT2D eigenvalue weighted by atomic mass is 10.1. The number of nitrogen functional groups attached to an aromatic ring is 1. The van der Waals surface area contributed by atoms with Gasteiger partial charge in [0.05, 0.1) is 23.6 Å². The number of aliphatic hydroxyl groups is 1. The summed E-state index contributed by atoms with van der Waals surface area (Å²) in [6.07, 6.45) is 0.539. The van der Waals surface area contributed by atoms with Crippen LogP contribution >= 0.6 is 0 Å². The van der Waals surface area contributed by atoms with E-state index in [0.29, 0.717) is 11.2 Å². The van der Waals surface area contributed by atoms with Gasteiger partial charge in [0.2, 0.25) is 0 Å². The van der Waals surface area contributed by atoms with Crippen molar-refractivity contribution in [2.24, 2.45) is 0 Å².